The quantitative estimate of drug-likeness (QED) is 0.0361. The van der Waals surface area contributed by atoms with Crippen molar-refractivity contribution in [2.24, 2.45) is 0 Å². The van der Waals surface area contributed by atoms with E-state index in [0.29, 0.717) is 6.42 Å². The number of hydrogen-bond acceptors (Lipinski definition) is 4. The summed E-state index contributed by atoms with van der Waals surface area (Å²) in [6.45, 7) is 4.24. The van der Waals surface area contributed by atoms with Crippen molar-refractivity contribution < 1.29 is 20.1 Å². The van der Waals surface area contributed by atoms with E-state index in [1.165, 1.54) is 283 Å². The molecule has 4 N–H and O–H groups in total. The fourth-order valence-corrected chi connectivity index (χ4v) is 10.4. The van der Waals surface area contributed by atoms with Crippen LogP contribution in [0.4, 0.5) is 0 Å². The summed E-state index contributed by atoms with van der Waals surface area (Å²) in [6.07, 6.45) is 88.9. The Kier molecular flexibility index (Phi) is 62.9. The largest absolute Gasteiger partial charge is 0.394 e. The first-order valence-electron chi connectivity index (χ1n) is 33.6. The second-order valence-corrected chi connectivity index (χ2v) is 23.1. The number of hydrogen-bond donors (Lipinski definition) is 4. The number of unbranched alkanes of at least 4 members (excludes halogenated alkanes) is 45. The van der Waals surface area contributed by atoms with E-state index in [9.17, 15) is 20.1 Å². The van der Waals surface area contributed by atoms with Crippen molar-refractivity contribution in [3.05, 3.63) is 60.8 Å². The average Bonchev–Trinajstić information content (AvgIpc) is 3.41. The maximum Gasteiger partial charge on any atom is 0.222 e. The van der Waals surface area contributed by atoms with Crippen LogP contribution in [0.25, 0.3) is 0 Å². The molecule has 3 atom stereocenters. The number of rotatable bonds is 62. The lowest BCUT2D eigenvalue weighted by molar-refractivity contribution is -0.124. The number of allylic oxidation sites excluding steroid dienone is 9. The molecule has 0 rings (SSSR count). The molecule has 5 nitrogen and oxygen atoms in total. The van der Waals surface area contributed by atoms with Crippen molar-refractivity contribution in [1.82, 2.24) is 5.32 Å². The minimum absolute atomic E-state index is 0.00181. The van der Waals surface area contributed by atoms with Gasteiger partial charge in [-0.25, -0.2) is 0 Å². The van der Waals surface area contributed by atoms with Crippen LogP contribution in [0.2, 0.25) is 0 Å². The number of carbonyl (C=O) groups excluding carboxylic acids is 1. The minimum Gasteiger partial charge on any atom is -0.394 e. The third-order valence-corrected chi connectivity index (χ3v) is 15.5. The summed E-state index contributed by atoms with van der Waals surface area (Å²) >= 11 is 0. The van der Waals surface area contributed by atoms with E-state index in [4.69, 9.17) is 0 Å². The Morgan fingerprint density at radius 1 is 0.347 bits per heavy atom. The van der Waals surface area contributed by atoms with E-state index in [1.807, 2.05) is 6.08 Å². The van der Waals surface area contributed by atoms with Gasteiger partial charge in [0.25, 0.3) is 0 Å². The Morgan fingerprint density at radius 3 is 0.933 bits per heavy atom. The van der Waals surface area contributed by atoms with E-state index < -0.39 is 18.2 Å². The van der Waals surface area contributed by atoms with E-state index in [-0.39, 0.29) is 18.9 Å². The lowest BCUT2D eigenvalue weighted by Crippen LogP contribution is -2.45. The molecule has 0 saturated carbocycles. The molecule has 0 spiro atoms. The highest BCUT2D eigenvalue weighted by Gasteiger charge is 2.20. The van der Waals surface area contributed by atoms with Crippen LogP contribution in [0.5, 0.6) is 0 Å². The highest BCUT2D eigenvalue weighted by atomic mass is 16.3. The summed E-state index contributed by atoms with van der Waals surface area (Å²) < 4.78 is 0. The van der Waals surface area contributed by atoms with Gasteiger partial charge >= 0.3 is 0 Å². The molecule has 440 valence electrons. The van der Waals surface area contributed by atoms with Crippen molar-refractivity contribution in [3.63, 3.8) is 0 Å². The highest BCUT2D eigenvalue weighted by Crippen LogP contribution is 2.18. The second kappa shape index (κ2) is 64.6. The molecule has 0 aromatic heterocycles. The smallest absolute Gasteiger partial charge is 0.222 e. The highest BCUT2D eigenvalue weighted by molar-refractivity contribution is 5.76. The first kappa shape index (κ1) is 73.0. The van der Waals surface area contributed by atoms with Crippen LogP contribution >= 0.6 is 0 Å². The van der Waals surface area contributed by atoms with Gasteiger partial charge < -0.3 is 20.6 Å². The Morgan fingerprint density at radius 2 is 0.613 bits per heavy atom. The first-order chi connectivity index (χ1) is 37.0. The maximum atomic E-state index is 12.6. The van der Waals surface area contributed by atoms with Crippen molar-refractivity contribution >= 4 is 5.91 Å². The molecule has 0 radical (unpaired) electrons. The summed E-state index contributed by atoms with van der Waals surface area (Å²) in [5.74, 6) is -0.326. The molecule has 3 unspecified atom stereocenters. The van der Waals surface area contributed by atoms with E-state index >= 15 is 0 Å². The van der Waals surface area contributed by atoms with Gasteiger partial charge in [0.2, 0.25) is 5.91 Å². The molecular weight excluding hydrogens is 919 g/mol. The zero-order valence-electron chi connectivity index (χ0n) is 50.4. The topological polar surface area (TPSA) is 89.8 Å². The summed E-state index contributed by atoms with van der Waals surface area (Å²) in [6, 6.07) is -0.771. The van der Waals surface area contributed by atoms with Gasteiger partial charge in [-0.05, 0) is 77.0 Å². The van der Waals surface area contributed by atoms with Crippen LogP contribution in [0.15, 0.2) is 60.8 Å². The van der Waals surface area contributed by atoms with Crippen LogP contribution in [0, 0.1) is 0 Å². The molecule has 5 heteroatoms. The predicted octanol–water partition coefficient (Wildman–Crippen LogP) is 21.7. The molecule has 0 saturated heterocycles. The van der Waals surface area contributed by atoms with Crippen molar-refractivity contribution in [2.45, 2.75) is 372 Å². The van der Waals surface area contributed by atoms with Gasteiger partial charge in [-0.3, -0.25) is 4.79 Å². The van der Waals surface area contributed by atoms with Crippen LogP contribution < -0.4 is 5.32 Å². The van der Waals surface area contributed by atoms with Gasteiger partial charge in [-0.1, -0.05) is 331 Å². The van der Waals surface area contributed by atoms with Crippen LogP contribution in [0.1, 0.15) is 354 Å². The van der Waals surface area contributed by atoms with Gasteiger partial charge in [0.15, 0.2) is 0 Å². The summed E-state index contributed by atoms with van der Waals surface area (Å²) in [4.78, 5) is 12.6. The molecule has 0 aliphatic rings. The van der Waals surface area contributed by atoms with Gasteiger partial charge in [0, 0.05) is 0 Å². The Hall–Kier alpha value is -1.95. The van der Waals surface area contributed by atoms with Crippen LogP contribution in [-0.4, -0.2) is 46.1 Å². The molecule has 0 aliphatic heterocycles. The molecule has 75 heavy (non-hydrogen) atoms. The summed E-state index contributed by atoms with van der Waals surface area (Å²) in [7, 11) is 0. The fourth-order valence-electron chi connectivity index (χ4n) is 10.4. The average molecular weight is 1050 g/mol. The van der Waals surface area contributed by atoms with E-state index in [2.05, 4.69) is 67.8 Å². The summed E-state index contributed by atoms with van der Waals surface area (Å²) in [5.41, 5.74) is 0. The number of amides is 1. The van der Waals surface area contributed by atoms with E-state index in [0.717, 1.165) is 44.9 Å². The number of carbonyl (C=O) groups is 1. The van der Waals surface area contributed by atoms with Gasteiger partial charge in [-0.15, -0.1) is 0 Å². The SMILES string of the molecule is CCCCCCCCCCCCCCC/C=C/CC/C=C/CC/C=C/C(O)C(CO)NC(=O)CC(O)CCCCCCCCCCCCCCCCC/C=C\C/C=C\CCCCCCCCCCCCCCCCC. The molecule has 0 aromatic rings. The standard InChI is InChI=1S/C70H131NO4/c1-3-5-7-9-11-13-15-17-19-21-23-25-27-28-29-30-31-32-33-34-35-36-37-38-39-40-42-43-45-47-49-51-53-55-57-59-61-63-67(73)65-70(75)71-68(66-72)69(74)64-62-60-58-56-54-52-50-48-46-44-41-26-24-22-20-18-16-14-12-10-8-6-4-2/h31-32,34-35,46,48,54,56,62,64,67-69,72-74H,3-30,33,36-45,47,49-53,55,57-61,63,65-66H2,1-2H3,(H,71,75)/b32-31-,35-34-,48-46+,56-54+,64-62+. The normalized spacial score (nSPS) is 13.5. The minimum atomic E-state index is -0.963. The Balaban J connectivity index is 3.55. The Bertz CT molecular complexity index is 1250. The first-order valence-corrected chi connectivity index (χ1v) is 33.6. The predicted molar refractivity (Wildman–Crippen MR) is 333 cm³/mol. The van der Waals surface area contributed by atoms with Gasteiger partial charge in [0.05, 0.1) is 31.3 Å². The van der Waals surface area contributed by atoms with E-state index in [1.54, 1.807) is 6.08 Å². The zero-order valence-corrected chi connectivity index (χ0v) is 50.4. The fraction of sp³-hybridized carbons (Fsp3) is 0.843. The lowest BCUT2D eigenvalue weighted by atomic mass is 10.0. The van der Waals surface area contributed by atoms with Crippen molar-refractivity contribution in [3.8, 4) is 0 Å². The van der Waals surface area contributed by atoms with Gasteiger partial charge in [-0.2, -0.15) is 0 Å². The molecule has 0 bridgehead atoms. The molecular formula is C70H131NO4. The third-order valence-electron chi connectivity index (χ3n) is 15.5. The zero-order chi connectivity index (χ0) is 54.3. The number of aliphatic hydroxyl groups is 3. The van der Waals surface area contributed by atoms with Gasteiger partial charge in [0.1, 0.15) is 0 Å². The van der Waals surface area contributed by atoms with Crippen LogP contribution in [0.3, 0.4) is 0 Å². The molecule has 0 fully saturated rings. The molecule has 0 aromatic carbocycles. The molecule has 0 aliphatic carbocycles. The second-order valence-electron chi connectivity index (χ2n) is 23.1. The molecule has 0 heterocycles. The lowest BCUT2D eigenvalue weighted by Gasteiger charge is -2.21. The number of aliphatic hydroxyl groups excluding tert-OH is 3. The third kappa shape index (κ3) is 61.1. The van der Waals surface area contributed by atoms with Crippen molar-refractivity contribution in [2.75, 3.05) is 6.61 Å². The van der Waals surface area contributed by atoms with Crippen molar-refractivity contribution in [1.29, 1.82) is 0 Å². The monoisotopic (exact) mass is 1050 g/mol. The molecule has 1 amide bonds. The maximum absolute atomic E-state index is 12.6. The van der Waals surface area contributed by atoms with Crippen LogP contribution in [-0.2, 0) is 4.79 Å². The number of nitrogens with one attached hydrogen (secondary N) is 1. The Labute approximate surface area is 469 Å². The summed E-state index contributed by atoms with van der Waals surface area (Å²) in [5, 5.41) is 33.5.